The van der Waals surface area contributed by atoms with Crippen LogP contribution in [0.25, 0.3) is 0 Å². The molecule has 2 aromatic carbocycles. The summed E-state index contributed by atoms with van der Waals surface area (Å²) < 4.78 is 5.44. The Balaban J connectivity index is 1.92. The van der Waals surface area contributed by atoms with Crippen molar-refractivity contribution < 1.29 is 14.5 Å². The number of hydrogen-bond acceptors (Lipinski definition) is 5. The predicted octanol–water partition coefficient (Wildman–Crippen LogP) is 4.12. The minimum absolute atomic E-state index is 0.0308. The number of benzene rings is 2. The van der Waals surface area contributed by atoms with Gasteiger partial charge in [-0.3, -0.25) is 14.9 Å². The summed E-state index contributed by atoms with van der Waals surface area (Å²) in [4.78, 5) is 23.2. The van der Waals surface area contributed by atoms with Gasteiger partial charge in [0.2, 0.25) is 0 Å². The molecule has 0 saturated carbocycles. The maximum Gasteiger partial charge on any atom is 0.311 e. The molecule has 6 nitrogen and oxygen atoms in total. The highest BCUT2D eigenvalue weighted by atomic mass is 16.6. The topological polar surface area (TPSA) is 81.5 Å². The summed E-state index contributed by atoms with van der Waals surface area (Å²) >= 11 is 0. The van der Waals surface area contributed by atoms with E-state index in [0.29, 0.717) is 17.7 Å². The van der Waals surface area contributed by atoms with Gasteiger partial charge in [0.15, 0.2) is 11.5 Å². The van der Waals surface area contributed by atoms with E-state index in [0.717, 1.165) is 12.1 Å². The number of hydrogen-bond donors (Lipinski definition) is 1. The van der Waals surface area contributed by atoms with Crippen molar-refractivity contribution in [3.05, 3.63) is 63.7 Å². The van der Waals surface area contributed by atoms with Gasteiger partial charge >= 0.3 is 5.69 Å². The van der Waals surface area contributed by atoms with Crippen LogP contribution in [0.15, 0.2) is 42.5 Å². The minimum atomic E-state index is -0.451. The zero-order valence-corrected chi connectivity index (χ0v) is 13.3. The minimum Gasteiger partial charge on any atom is -0.487 e. The predicted molar refractivity (Wildman–Crippen MR) is 90.6 cm³/mol. The molecular weight excluding hydrogens is 308 g/mol. The van der Waals surface area contributed by atoms with Gasteiger partial charge in [0.05, 0.1) is 17.6 Å². The van der Waals surface area contributed by atoms with Crippen molar-refractivity contribution in [1.82, 2.24) is 0 Å². The van der Waals surface area contributed by atoms with Crippen molar-refractivity contribution >= 4 is 17.2 Å². The van der Waals surface area contributed by atoms with E-state index >= 15 is 0 Å². The summed E-state index contributed by atoms with van der Waals surface area (Å²) in [5.41, 5.74) is 2.04. The smallest absolute Gasteiger partial charge is 0.311 e. The average Bonchev–Trinajstić information content (AvgIpc) is 2.59. The van der Waals surface area contributed by atoms with Crippen LogP contribution < -0.4 is 10.1 Å². The van der Waals surface area contributed by atoms with Gasteiger partial charge in [0.1, 0.15) is 0 Å². The molecule has 1 atom stereocenters. The van der Waals surface area contributed by atoms with Crippen LogP contribution in [0.3, 0.4) is 0 Å². The molecule has 2 aromatic rings. The molecule has 6 heteroatoms. The summed E-state index contributed by atoms with van der Waals surface area (Å²) in [7, 11) is 0. The molecule has 1 aliphatic heterocycles. The van der Waals surface area contributed by atoms with E-state index in [4.69, 9.17) is 4.74 Å². The molecule has 0 spiro atoms. The lowest BCUT2D eigenvalue weighted by Crippen LogP contribution is -2.22. The van der Waals surface area contributed by atoms with Crippen molar-refractivity contribution in [2.75, 3.05) is 11.9 Å². The third-order valence-electron chi connectivity index (χ3n) is 3.99. The molecule has 3 rings (SSSR count). The number of Topliss-reactive ketones (excluding diaryl/α,β-unsaturated/α-hetero) is 1. The Morgan fingerprint density at radius 1 is 1.29 bits per heavy atom. The van der Waals surface area contributed by atoms with Gasteiger partial charge in [-0.15, -0.1) is 0 Å². The van der Waals surface area contributed by atoms with Gasteiger partial charge in [-0.2, -0.15) is 0 Å². The van der Waals surface area contributed by atoms with Crippen LogP contribution in [0.2, 0.25) is 0 Å². The maximum atomic E-state index is 12.3. The Hall–Kier alpha value is -2.89. The van der Waals surface area contributed by atoms with Crippen molar-refractivity contribution in [2.24, 2.45) is 0 Å². The molecule has 124 valence electrons. The normalized spacial score (nSPS) is 16.2. The molecule has 0 aliphatic carbocycles. The Bertz CT molecular complexity index is 788. The number of para-hydroxylation sites is 1. The molecule has 1 aliphatic rings. The Morgan fingerprint density at radius 3 is 2.83 bits per heavy atom. The first kappa shape index (κ1) is 16.0. The van der Waals surface area contributed by atoms with Crippen LogP contribution in [-0.4, -0.2) is 17.3 Å². The quantitative estimate of drug-likeness (QED) is 0.660. The molecule has 0 aromatic heterocycles. The summed E-state index contributed by atoms with van der Waals surface area (Å²) in [6, 6.07) is 11.9. The van der Waals surface area contributed by atoms with Crippen LogP contribution in [0.1, 0.15) is 41.7 Å². The first-order chi connectivity index (χ1) is 11.6. The lowest BCUT2D eigenvalue weighted by Gasteiger charge is -2.26. The second-order valence-corrected chi connectivity index (χ2v) is 5.70. The number of anilines is 1. The van der Waals surface area contributed by atoms with Crippen molar-refractivity contribution in [3.8, 4) is 5.75 Å². The Morgan fingerprint density at radius 2 is 2.08 bits per heavy atom. The SMILES string of the molecule is CCCOc1ccc(C2CC(=O)c3ccccc3N2)cc1[N+](=O)[O-]. The summed E-state index contributed by atoms with van der Waals surface area (Å²) in [5.74, 6) is 0.288. The van der Waals surface area contributed by atoms with E-state index in [9.17, 15) is 14.9 Å². The lowest BCUT2D eigenvalue weighted by molar-refractivity contribution is -0.385. The van der Waals surface area contributed by atoms with Crippen molar-refractivity contribution in [3.63, 3.8) is 0 Å². The molecule has 1 N–H and O–H groups in total. The van der Waals surface area contributed by atoms with E-state index in [1.165, 1.54) is 6.07 Å². The van der Waals surface area contributed by atoms with Gasteiger partial charge in [0.25, 0.3) is 0 Å². The molecule has 1 unspecified atom stereocenters. The average molecular weight is 326 g/mol. The van der Waals surface area contributed by atoms with Gasteiger partial charge in [0, 0.05) is 23.7 Å². The second-order valence-electron chi connectivity index (χ2n) is 5.70. The van der Waals surface area contributed by atoms with Crippen LogP contribution in [0, 0.1) is 10.1 Å². The van der Waals surface area contributed by atoms with E-state index in [2.05, 4.69) is 5.32 Å². The van der Waals surface area contributed by atoms with Gasteiger partial charge in [-0.05, 0) is 30.2 Å². The van der Waals surface area contributed by atoms with Gasteiger partial charge < -0.3 is 10.1 Å². The van der Waals surface area contributed by atoms with E-state index in [-0.39, 0.29) is 29.7 Å². The van der Waals surface area contributed by atoms with Crippen LogP contribution in [0.5, 0.6) is 5.75 Å². The monoisotopic (exact) mass is 326 g/mol. The van der Waals surface area contributed by atoms with E-state index < -0.39 is 4.92 Å². The fourth-order valence-electron chi connectivity index (χ4n) is 2.82. The van der Waals surface area contributed by atoms with Crippen LogP contribution in [-0.2, 0) is 0 Å². The van der Waals surface area contributed by atoms with E-state index in [1.807, 2.05) is 25.1 Å². The Labute approximate surface area is 139 Å². The number of nitro groups is 1. The highest BCUT2D eigenvalue weighted by Gasteiger charge is 2.27. The fraction of sp³-hybridized carbons (Fsp3) is 0.278. The first-order valence-corrected chi connectivity index (χ1v) is 7.90. The van der Waals surface area contributed by atoms with Crippen molar-refractivity contribution in [2.45, 2.75) is 25.8 Å². The van der Waals surface area contributed by atoms with Crippen LogP contribution >= 0.6 is 0 Å². The highest BCUT2D eigenvalue weighted by molar-refractivity contribution is 6.03. The van der Waals surface area contributed by atoms with Gasteiger partial charge in [-0.1, -0.05) is 25.1 Å². The Kier molecular flexibility index (Phi) is 4.46. The number of nitro benzene ring substituents is 1. The zero-order valence-electron chi connectivity index (χ0n) is 13.3. The van der Waals surface area contributed by atoms with E-state index in [1.54, 1.807) is 18.2 Å². The number of carbonyl (C=O) groups excluding carboxylic acids is 1. The molecular formula is C18H18N2O4. The molecule has 0 radical (unpaired) electrons. The number of rotatable bonds is 5. The molecule has 0 amide bonds. The van der Waals surface area contributed by atoms with Crippen molar-refractivity contribution in [1.29, 1.82) is 0 Å². The first-order valence-electron chi connectivity index (χ1n) is 7.90. The molecule has 24 heavy (non-hydrogen) atoms. The summed E-state index contributed by atoms with van der Waals surface area (Å²) in [6.45, 7) is 2.36. The molecule has 0 saturated heterocycles. The largest absolute Gasteiger partial charge is 0.487 e. The molecule has 0 fully saturated rings. The number of fused-ring (bicyclic) bond motifs is 1. The fourth-order valence-corrected chi connectivity index (χ4v) is 2.82. The standard InChI is InChI=1S/C18H18N2O4/c1-2-9-24-18-8-7-12(10-16(18)20(22)23)15-11-17(21)13-5-3-4-6-14(13)19-15/h3-8,10,15,19H,2,9,11H2,1H3. The molecule has 0 bridgehead atoms. The number of ether oxygens (including phenoxy) is 1. The summed E-state index contributed by atoms with van der Waals surface area (Å²) in [5, 5.41) is 14.6. The summed E-state index contributed by atoms with van der Waals surface area (Å²) in [6.07, 6.45) is 1.04. The lowest BCUT2D eigenvalue weighted by atomic mass is 9.92. The third-order valence-corrected chi connectivity index (χ3v) is 3.99. The maximum absolute atomic E-state index is 12.3. The highest BCUT2D eigenvalue weighted by Crippen LogP contribution is 2.36. The van der Waals surface area contributed by atoms with Crippen LogP contribution in [0.4, 0.5) is 11.4 Å². The third kappa shape index (κ3) is 3.08. The number of nitrogens with zero attached hydrogens (tertiary/aromatic N) is 1. The number of carbonyl (C=O) groups is 1. The van der Waals surface area contributed by atoms with Gasteiger partial charge in [-0.25, -0.2) is 0 Å². The molecule has 1 heterocycles. The number of nitrogens with one attached hydrogen (secondary N) is 1. The second kappa shape index (κ2) is 6.70. The zero-order chi connectivity index (χ0) is 17.1. The number of ketones is 1.